The number of anilines is 1. The van der Waals surface area contributed by atoms with Gasteiger partial charge in [-0.15, -0.1) is 24.0 Å². The number of hydrogen-bond donors (Lipinski definition) is 2. The largest absolute Gasteiger partial charge is 0.370 e. The molecule has 7 heteroatoms. The number of halogens is 2. The van der Waals surface area contributed by atoms with Crippen LogP contribution in [0.1, 0.15) is 23.1 Å². The van der Waals surface area contributed by atoms with Gasteiger partial charge >= 0.3 is 0 Å². The maximum absolute atomic E-state index is 12.3. The Balaban J connectivity index is 0.00000364. The lowest BCUT2D eigenvalue weighted by Crippen LogP contribution is -2.28. The quantitative estimate of drug-likeness (QED) is 0.320. The Hall–Kier alpha value is -1.61. The van der Waals surface area contributed by atoms with Gasteiger partial charge in [0.25, 0.3) is 0 Å². The minimum atomic E-state index is 0. The molecule has 0 aliphatic rings. The fourth-order valence-electron chi connectivity index (χ4n) is 2.67. The van der Waals surface area contributed by atoms with Crippen molar-refractivity contribution in [2.24, 2.45) is 10.7 Å². The van der Waals surface area contributed by atoms with E-state index in [0.717, 1.165) is 26.9 Å². The van der Waals surface area contributed by atoms with Crippen LogP contribution < -0.4 is 11.1 Å². The summed E-state index contributed by atoms with van der Waals surface area (Å²) in [6.07, 6.45) is 0.316. The standard InChI is InChI=1S/C20H25BrN4O.HI/c1-14-10-15(2)12-17(11-14)24-20(22)23-9-8-19(26)25(3)13-16-6-4-5-7-18(16)21;/h4-7,10-12H,8-9,13H2,1-3H3,(H3,22,23,24);1H. The van der Waals surface area contributed by atoms with Crippen LogP contribution in [0, 0.1) is 13.8 Å². The van der Waals surface area contributed by atoms with Crippen LogP contribution in [-0.2, 0) is 11.3 Å². The number of nitrogens with one attached hydrogen (secondary N) is 1. The van der Waals surface area contributed by atoms with Crippen LogP contribution in [0.15, 0.2) is 51.9 Å². The van der Waals surface area contributed by atoms with Crippen LogP contribution in [0.25, 0.3) is 0 Å². The highest BCUT2D eigenvalue weighted by Crippen LogP contribution is 2.17. The Morgan fingerprint density at radius 1 is 1.19 bits per heavy atom. The maximum Gasteiger partial charge on any atom is 0.224 e. The Morgan fingerprint density at radius 2 is 1.81 bits per heavy atom. The summed E-state index contributed by atoms with van der Waals surface area (Å²) in [5.41, 5.74) is 10.2. The zero-order chi connectivity index (χ0) is 19.1. The molecule has 0 atom stereocenters. The summed E-state index contributed by atoms with van der Waals surface area (Å²) in [4.78, 5) is 18.2. The zero-order valence-electron chi connectivity index (χ0n) is 15.8. The van der Waals surface area contributed by atoms with Crippen molar-refractivity contribution in [2.75, 3.05) is 18.9 Å². The lowest BCUT2D eigenvalue weighted by molar-refractivity contribution is -0.130. The van der Waals surface area contributed by atoms with Crippen LogP contribution in [0.3, 0.4) is 0 Å². The predicted octanol–water partition coefficient (Wildman–Crippen LogP) is 4.46. The number of aryl methyl sites for hydroxylation is 2. The summed E-state index contributed by atoms with van der Waals surface area (Å²) in [6, 6.07) is 14.0. The van der Waals surface area contributed by atoms with E-state index in [1.807, 2.05) is 50.2 Å². The Morgan fingerprint density at radius 3 is 2.44 bits per heavy atom. The van der Waals surface area contributed by atoms with Crippen molar-refractivity contribution >= 4 is 57.5 Å². The van der Waals surface area contributed by atoms with Gasteiger partial charge in [-0.05, 0) is 48.7 Å². The molecular formula is C20H26BrIN4O. The summed E-state index contributed by atoms with van der Waals surface area (Å²) >= 11 is 3.50. The van der Waals surface area contributed by atoms with Gasteiger partial charge in [0.05, 0.1) is 6.54 Å². The molecule has 2 rings (SSSR count). The van der Waals surface area contributed by atoms with Crippen molar-refractivity contribution in [1.82, 2.24) is 4.90 Å². The predicted molar refractivity (Wildman–Crippen MR) is 127 cm³/mol. The van der Waals surface area contributed by atoms with Crippen LogP contribution >= 0.6 is 39.9 Å². The molecule has 0 aliphatic heterocycles. The van der Waals surface area contributed by atoms with E-state index < -0.39 is 0 Å². The minimum absolute atomic E-state index is 0. The summed E-state index contributed by atoms with van der Waals surface area (Å²) in [5.74, 6) is 0.347. The van der Waals surface area contributed by atoms with Crippen molar-refractivity contribution in [3.05, 3.63) is 63.6 Å². The number of nitrogens with zero attached hydrogens (tertiary/aromatic N) is 2. The number of nitrogens with two attached hydrogens (primary N) is 1. The molecule has 2 aromatic carbocycles. The molecule has 0 unspecified atom stereocenters. The molecule has 0 saturated heterocycles. The van der Waals surface area contributed by atoms with Gasteiger partial charge in [0.15, 0.2) is 5.96 Å². The van der Waals surface area contributed by atoms with Gasteiger partial charge in [0.1, 0.15) is 0 Å². The van der Waals surface area contributed by atoms with Crippen molar-refractivity contribution in [2.45, 2.75) is 26.8 Å². The van der Waals surface area contributed by atoms with Gasteiger partial charge < -0.3 is 16.0 Å². The van der Waals surface area contributed by atoms with E-state index in [2.05, 4.69) is 32.3 Å². The zero-order valence-corrected chi connectivity index (χ0v) is 19.7. The van der Waals surface area contributed by atoms with E-state index in [9.17, 15) is 4.79 Å². The number of hydrogen-bond acceptors (Lipinski definition) is 2. The highest BCUT2D eigenvalue weighted by molar-refractivity contribution is 14.0. The van der Waals surface area contributed by atoms with Crippen molar-refractivity contribution in [3.63, 3.8) is 0 Å². The SMILES string of the molecule is Cc1cc(C)cc(NC(N)=NCCC(=O)N(C)Cc2ccccc2Br)c1.I. The van der Waals surface area contributed by atoms with Crippen LogP contribution in [0.4, 0.5) is 5.69 Å². The van der Waals surface area contributed by atoms with Crippen molar-refractivity contribution in [1.29, 1.82) is 0 Å². The lowest BCUT2D eigenvalue weighted by Gasteiger charge is -2.17. The Kier molecular flexibility index (Phi) is 9.79. The molecule has 0 aliphatic carbocycles. The van der Waals surface area contributed by atoms with Crippen LogP contribution in [0.5, 0.6) is 0 Å². The highest BCUT2D eigenvalue weighted by atomic mass is 127. The third-order valence-electron chi connectivity index (χ3n) is 3.89. The minimum Gasteiger partial charge on any atom is -0.370 e. The molecule has 0 fully saturated rings. The average molecular weight is 545 g/mol. The second-order valence-electron chi connectivity index (χ2n) is 6.36. The number of rotatable bonds is 6. The van der Waals surface area contributed by atoms with Crippen LogP contribution in [-0.4, -0.2) is 30.4 Å². The molecular weight excluding hydrogens is 519 g/mol. The number of carbonyl (C=O) groups is 1. The first-order chi connectivity index (χ1) is 12.3. The molecule has 0 aromatic heterocycles. The van der Waals surface area contributed by atoms with Crippen molar-refractivity contribution < 1.29 is 4.79 Å². The van der Waals surface area contributed by atoms with E-state index in [1.165, 1.54) is 0 Å². The van der Waals surface area contributed by atoms with Crippen LogP contribution in [0.2, 0.25) is 0 Å². The van der Waals surface area contributed by atoms with Gasteiger partial charge in [-0.3, -0.25) is 9.79 Å². The van der Waals surface area contributed by atoms with Gasteiger partial charge in [0, 0.05) is 30.2 Å². The highest BCUT2D eigenvalue weighted by Gasteiger charge is 2.10. The maximum atomic E-state index is 12.3. The van der Waals surface area contributed by atoms with E-state index in [-0.39, 0.29) is 29.9 Å². The second-order valence-corrected chi connectivity index (χ2v) is 7.21. The van der Waals surface area contributed by atoms with E-state index in [0.29, 0.717) is 25.5 Å². The summed E-state index contributed by atoms with van der Waals surface area (Å²) in [7, 11) is 1.79. The smallest absolute Gasteiger partial charge is 0.224 e. The molecule has 3 N–H and O–H groups in total. The lowest BCUT2D eigenvalue weighted by atomic mass is 10.1. The van der Waals surface area contributed by atoms with Crippen molar-refractivity contribution in [3.8, 4) is 0 Å². The first kappa shape index (κ1) is 23.4. The van der Waals surface area contributed by atoms with Gasteiger partial charge in [0.2, 0.25) is 5.91 Å². The first-order valence-corrected chi connectivity index (χ1v) is 9.27. The van der Waals surface area contributed by atoms with Gasteiger partial charge in [-0.2, -0.15) is 0 Å². The molecule has 0 spiro atoms. The van der Waals surface area contributed by atoms with E-state index >= 15 is 0 Å². The normalized spacial score (nSPS) is 10.9. The molecule has 0 bridgehead atoms. The number of guanidine groups is 1. The number of amides is 1. The molecule has 0 heterocycles. The third-order valence-corrected chi connectivity index (χ3v) is 4.67. The first-order valence-electron chi connectivity index (χ1n) is 8.48. The van der Waals surface area contributed by atoms with E-state index in [1.54, 1.807) is 11.9 Å². The number of benzene rings is 2. The summed E-state index contributed by atoms with van der Waals surface area (Å²) in [5, 5.41) is 3.07. The summed E-state index contributed by atoms with van der Waals surface area (Å²) in [6.45, 7) is 4.97. The molecule has 2 aromatic rings. The number of carbonyl (C=O) groups excluding carboxylic acids is 1. The van der Waals surface area contributed by atoms with Gasteiger partial charge in [-0.1, -0.05) is 40.2 Å². The molecule has 1 amide bonds. The molecule has 146 valence electrons. The second kappa shape index (κ2) is 11.3. The average Bonchev–Trinajstić information content (AvgIpc) is 2.55. The molecule has 5 nitrogen and oxygen atoms in total. The molecule has 0 saturated carbocycles. The third kappa shape index (κ3) is 7.88. The van der Waals surface area contributed by atoms with Gasteiger partial charge in [-0.25, -0.2) is 0 Å². The summed E-state index contributed by atoms with van der Waals surface area (Å²) < 4.78 is 1.000. The fourth-order valence-corrected chi connectivity index (χ4v) is 3.08. The fraction of sp³-hybridized carbons (Fsp3) is 0.300. The monoisotopic (exact) mass is 544 g/mol. The Labute approximate surface area is 186 Å². The van der Waals surface area contributed by atoms with E-state index in [4.69, 9.17) is 5.73 Å². The molecule has 27 heavy (non-hydrogen) atoms. The topological polar surface area (TPSA) is 70.7 Å². The molecule has 0 radical (unpaired) electrons. The number of aliphatic imine (C=N–C) groups is 1. The Bertz CT molecular complexity index is 790.